The Bertz CT molecular complexity index is 1140. The quantitative estimate of drug-likeness (QED) is 0.328. The lowest BCUT2D eigenvalue weighted by atomic mass is 9.94. The lowest BCUT2D eigenvalue weighted by Crippen LogP contribution is -2.29. The molecule has 4 rings (SSSR count). The lowest BCUT2D eigenvalue weighted by molar-refractivity contribution is -0.140. The second kappa shape index (κ2) is 8.78. The highest BCUT2D eigenvalue weighted by Gasteiger charge is 2.46. The molecule has 1 fully saturated rings. The number of hydrogen-bond acceptors (Lipinski definition) is 3. The Balaban J connectivity index is 1.85. The van der Waals surface area contributed by atoms with E-state index in [1.54, 1.807) is 24.3 Å². The van der Waals surface area contributed by atoms with Gasteiger partial charge in [-0.25, -0.2) is 0 Å². The van der Waals surface area contributed by atoms with E-state index in [0.29, 0.717) is 10.6 Å². The van der Waals surface area contributed by atoms with Crippen LogP contribution in [0.3, 0.4) is 0 Å². The number of likely N-dealkylation sites (tertiary alicyclic amines) is 1. The van der Waals surface area contributed by atoms with E-state index in [1.165, 1.54) is 4.90 Å². The van der Waals surface area contributed by atoms with Gasteiger partial charge in [0.1, 0.15) is 5.76 Å². The number of amides is 1. The highest BCUT2D eigenvalue weighted by Crippen LogP contribution is 2.40. The Morgan fingerprint density at radius 2 is 1.55 bits per heavy atom. The number of benzene rings is 3. The molecule has 3 aromatic carbocycles. The molecule has 0 aromatic heterocycles. The summed E-state index contributed by atoms with van der Waals surface area (Å²) in [4.78, 5) is 27.6. The number of nitrogens with zero attached hydrogens (tertiary/aromatic N) is 1. The summed E-state index contributed by atoms with van der Waals surface area (Å²) in [6.45, 7) is 2.33. The summed E-state index contributed by atoms with van der Waals surface area (Å²) in [7, 11) is 0. The van der Waals surface area contributed by atoms with Crippen molar-refractivity contribution >= 4 is 29.1 Å². The first-order valence-corrected chi connectivity index (χ1v) is 10.5. The number of aryl methyl sites for hydroxylation is 1. The monoisotopic (exact) mass is 431 g/mol. The largest absolute Gasteiger partial charge is 0.507 e. The summed E-state index contributed by atoms with van der Waals surface area (Å²) in [6, 6.07) is 23.2. The number of halogens is 1. The number of ketones is 1. The minimum atomic E-state index is -0.687. The van der Waals surface area contributed by atoms with Crippen molar-refractivity contribution in [2.45, 2.75) is 25.9 Å². The van der Waals surface area contributed by atoms with E-state index in [2.05, 4.69) is 6.92 Å². The van der Waals surface area contributed by atoms with Crippen molar-refractivity contribution in [3.8, 4) is 0 Å². The first-order valence-electron chi connectivity index (χ1n) is 10.2. The molecular formula is C26H22ClNO3. The van der Waals surface area contributed by atoms with Gasteiger partial charge in [-0.05, 0) is 47.4 Å². The van der Waals surface area contributed by atoms with Crippen LogP contribution >= 0.6 is 11.6 Å². The molecule has 0 bridgehead atoms. The molecule has 1 atom stereocenters. The van der Waals surface area contributed by atoms with E-state index in [1.807, 2.05) is 54.6 Å². The fourth-order valence-electron chi connectivity index (χ4n) is 3.87. The van der Waals surface area contributed by atoms with Crippen LogP contribution in [-0.2, 0) is 22.6 Å². The van der Waals surface area contributed by atoms with E-state index < -0.39 is 17.7 Å². The fraction of sp³-hybridized carbons (Fsp3) is 0.154. The molecule has 0 aliphatic carbocycles. The number of aliphatic hydroxyl groups is 1. The summed E-state index contributed by atoms with van der Waals surface area (Å²) in [6.07, 6.45) is 0.884. The summed E-state index contributed by atoms with van der Waals surface area (Å²) in [5.74, 6) is -1.51. The number of carbonyl (C=O) groups is 2. The van der Waals surface area contributed by atoms with Crippen molar-refractivity contribution in [2.24, 2.45) is 0 Å². The SMILES string of the molecule is CCc1ccc(C2C(=C(O)c3ccc(Cl)cc3)C(=O)C(=O)N2Cc2ccccc2)cc1. The van der Waals surface area contributed by atoms with Gasteiger partial charge in [-0.15, -0.1) is 0 Å². The van der Waals surface area contributed by atoms with E-state index in [9.17, 15) is 14.7 Å². The van der Waals surface area contributed by atoms with Crippen LogP contribution < -0.4 is 0 Å². The van der Waals surface area contributed by atoms with Crippen LogP contribution in [0.4, 0.5) is 0 Å². The Morgan fingerprint density at radius 3 is 2.16 bits per heavy atom. The van der Waals surface area contributed by atoms with Crippen molar-refractivity contribution in [3.05, 3.63) is 112 Å². The van der Waals surface area contributed by atoms with Crippen LogP contribution in [0.2, 0.25) is 5.02 Å². The zero-order chi connectivity index (χ0) is 22.0. The van der Waals surface area contributed by atoms with Gasteiger partial charge >= 0.3 is 0 Å². The first-order chi connectivity index (χ1) is 15.0. The van der Waals surface area contributed by atoms with Crippen molar-refractivity contribution in [3.63, 3.8) is 0 Å². The summed E-state index contributed by atoms with van der Waals surface area (Å²) in [5, 5.41) is 11.6. The number of Topliss-reactive ketones (excluding diaryl/α,β-unsaturated/α-hetero) is 1. The molecule has 1 N–H and O–H groups in total. The number of hydrogen-bond donors (Lipinski definition) is 1. The zero-order valence-electron chi connectivity index (χ0n) is 17.1. The molecule has 1 unspecified atom stereocenters. The van der Waals surface area contributed by atoms with Gasteiger partial charge in [-0.2, -0.15) is 0 Å². The maximum absolute atomic E-state index is 13.1. The fourth-order valence-corrected chi connectivity index (χ4v) is 3.99. The second-order valence-electron chi connectivity index (χ2n) is 7.51. The van der Waals surface area contributed by atoms with Crippen LogP contribution in [0.5, 0.6) is 0 Å². The molecule has 1 saturated heterocycles. The molecule has 0 saturated carbocycles. The molecule has 156 valence electrons. The predicted molar refractivity (Wildman–Crippen MR) is 122 cm³/mol. The molecule has 5 heteroatoms. The molecule has 31 heavy (non-hydrogen) atoms. The van der Waals surface area contributed by atoms with Gasteiger partial charge in [0.15, 0.2) is 0 Å². The third kappa shape index (κ3) is 4.12. The minimum Gasteiger partial charge on any atom is -0.507 e. The third-order valence-electron chi connectivity index (χ3n) is 5.56. The normalized spacial score (nSPS) is 17.9. The number of carbonyl (C=O) groups excluding carboxylic acids is 2. The molecule has 1 aliphatic heterocycles. The minimum absolute atomic E-state index is 0.0903. The standard InChI is InChI=1S/C26H22ClNO3/c1-2-17-8-10-19(11-9-17)23-22(24(29)20-12-14-21(27)15-13-20)25(30)26(31)28(23)16-18-6-4-3-5-7-18/h3-15,23,29H,2,16H2,1H3. The maximum atomic E-state index is 13.1. The van der Waals surface area contributed by atoms with Crippen molar-refractivity contribution < 1.29 is 14.7 Å². The molecule has 0 radical (unpaired) electrons. The maximum Gasteiger partial charge on any atom is 0.295 e. The van der Waals surface area contributed by atoms with Crippen molar-refractivity contribution in [1.82, 2.24) is 4.90 Å². The first kappa shape index (κ1) is 20.9. The summed E-state index contributed by atoms with van der Waals surface area (Å²) >= 11 is 5.97. The third-order valence-corrected chi connectivity index (χ3v) is 5.81. The summed E-state index contributed by atoms with van der Waals surface area (Å²) < 4.78 is 0. The molecular weight excluding hydrogens is 410 g/mol. The van der Waals surface area contributed by atoms with Crippen molar-refractivity contribution in [1.29, 1.82) is 0 Å². The topological polar surface area (TPSA) is 57.6 Å². The Labute approximate surface area is 186 Å². The summed E-state index contributed by atoms with van der Waals surface area (Å²) in [5.41, 5.74) is 3.38. The van der Waals surface area contributed by atoms with Gasteiger partial charge < -0.3 is 10.0 Å². The van der Waals surface area contributed by atoms with Crippen LogP contribution in [0.1, 0.15) is 35.2 Å². The van der Waals surface area contributed by atoms with Crippen LogP contribution in [0.15, 0.2) is 84.4 Å². The smallest absolute Gasteiger partial charge is 0.295 e. The van der Waals surface area contributed by atoms with Crippen LogP contribution in [0.25, 0.3) is 5.76 Å². The zero-order valence-corrected chi connectivity index (χ0v) is 17.8. The molecule has 1 aliphatic rings. The Hall–Kier alpha value is -3.37. The molecule has 4 nitrogen and oxygen atoms in total. The predicted octanol–water partition coefficient (Wildman–Crippen LogP) is 5.52. The molecule has 1 heterocycles. The number of rotatable bonds is 5. The van der Waals surface area contributed by atoms with E-state index >= 15 is 0 Å². The molecule has 1 amide bonds. The van der Waals surface area contributed by atoms with Gasteiger partial charge in [0.2, 0.25) is 0 Å². The lowest BCUT2D eigenvalue weighted by Gasteiger charge is -2.25. The average molecular weight is 432 g/mol. The van der Waals surface area contributed by atoms with Gasteiger partial charge in [0, 0.05) is 17.1 Å². The van der Waals surface area contributed by atoms with Crippen molar-refractivity contribution in [2.75, 3.05) is 0 Å². The molecule has 0 spiro atoms. The molecule has 3 aromatic rings. The van der Waals surface area contributed by atoms with Gasteiger partial charge in [0.05, 0.1) is 11.6 Å². The van der Waals surface area contributed by atoms with E-state index in [-0.39, 0.29) is 17.9 Å². The number of aliphatic hydroxyl groups excluding tert-OH is 1. The highest BCUT2D eigenvalue weighted by molar-refractivity contribution is 6.46. The second-order valence-corrected chi connectivity index (χ2v) is 7.95. The van der Waals surface area contributed by atoms with E-state index in [0.717, 1.165) is 23.1 Å². The van der Waals surface area contributed by atoms with Gasteiger partial charge in [-0.1, -0.05) is 73.1 Å². The Kier molecular flexibility index (Phi) is 5.92. The Morgan fingerprint density at radius 1 is 0.903 bits per heavy atom. The van der Waals surface area contributed by atoms with Crippen LogP contribution in [0, 0.1) is 0 Å². The van der Waals surface area contributed by atoms with E-state index in [4.69, 9.17) is 11.6 Å². The van der Waals surface area contributed by atoms with Crippen LogP contribution in [-0.4, -0.2) is 21.7 Å². The van der Waals surface area contributed by atoms with Gasteiger partial charge in [0.25, 0.3) is 11.7 Å². The highest BCUT2D eigenvalue weighted by atomic mass is 35.5. The average Bonchev–Trinajstić information content (AvgIpc) is 3.05. The van der Waals surface area contributed by atoms with Gasteiger partial charge in [-0.3, -0.25) is 9.59 Å².